The van der Waals surface area contributed by atoms with Gasteiger partial charge in [0.25, 0.3) is 0 Å². The Morgan fingerprint density at radius 1 is 1.28 bits per heavy atom. The topological polar surface area (TPSA) is 85.4 Å². The highest BCUT2D eigenvalue weighted by Crippen LogP contribution is 2.48. The maximum atomic E-state index is 12.7. The van der Waals surface area contributed by atoms with Gasteiger partial charge in [-0.1, -0.05) is 30.3 Å². The molecule has 5 atom stereocenters. The zero-order valence-electron chi connectivity index (χ0n) is 13.8. The number of hydrogen-bond donors (Lipinski definition) is 0. The molecule has 0 spiro atoms. The Morgan fingerprint density at radius 2 is 2.04 bits per heavy atom. The molecule has 2 heterocycles. The minimum atomic E-state index is -0.737. The van der Waals surface area contributed by atoms with Crippen molar-refractivity contribution in [1.29, 1.82) is 0 Å². The van der Waals surface area contributed by atoms with Crippen molar-refractivity contribution in [3.05, 3.63) is 35.9 Å². The van der Waals surface area contributed by atoms with E-state index < -0.39 is 18.1 Å². The Balaban J connectivity index is 1.52. The van der Waals surface area contributed by atoms with Crippen molar-refractivity contribution in [1.82, 2.24) is 4.90 Å². The molecule has 4 rings (SSSR count). The molecule has 3 aliphatic rings. The summed E-state index contributed by atoms with van der Waals surface area (Å²) in [5.74, 6) is -0.538. The molecule has 0 bridgehead atoms. The molecule has 3 fully saturated rings. The van der Waals surface area contributed by atoms with E-state index in [1.165, 1.54) is 12.0 Å². The number of amides is 1. The highest BCUT2D eigenvalue weighted by Gasteiger charge is 2.63. The minimum absolute atomic E-state index is 0.0161. The van der Waals surface area contributed by atoms with Crippen molar-refractivity contribution in [2.45, 2.75) is 43.7 Å². The van der Waals surface area contributed by atoms with E-state index in [1.54, 1.807) is 0 Å². The second-order valence-corrected chi connectivity index (χ2v) is 6.65. The summed E-state index contributed by atoms with van der Waals surface area (Å²) in [6, 6.07) is 8.19. The summed E-state index contributed by atoms with van der Waals surface area (Å²) in [5, 5.41) is 0. The van der Waals surface area contributed by atoms with Crippen LogP contribution in [0.4, 0.5) is 4.79 Å². The number of esters is 1. The van der Waals surface area contributed by atoms with Crippen LogP contribution in [0.2, 0.25) is 0 Å². The summed E-state index contributed by atoms with van der Waals surface area (Å²) in [5.41, 5.74) is 0.853. The number of epoxide rings is 1. The van der Waals surface area contributed by atoms with Crippen LogP contribution < -0.4 is 0 Å². The van der Waals surface area contributed by atoms with Gasteiger partial charge in [-0.3, -0.25) is 9.69 Å². The predicted octanol–water partition coefficient (Wildman–Crippen LogP) is 1.30. The highest BCUT2D eigenvalue weighted by atomic mass is 16.6. The van der Waals surface area contributed by atoms with E-state index in [4.69, 9.17) is 14.2 Å². The lowest BCUT2D eigenvalue weighted by Crippen LogP contribution is -2.49. The summed E-state index contributed by atoms with van der Waals surface area (Å²) in [6.07, 6.45) is -0.518. The first-order valence-electron chi connectivity index (χ1n) is 8.35. The fourth-order valence-corrected chi connectivity index (χ4v) is 4.00. The number of hydrogen-bond acceptors (Lipinski definition) is 6. The van der Waals surface area contributed by atoms with E-state index >= 15 is 0 Å². The molecule has 1 aromatic carbocycles. The van der Waals surface area contributed by atoms with Crippen molar-refractivity contribution in [3.63, 3.8) is 0 Å². The molecule has 1 aromatic rings. The number of likely N-dealkylation sites (tertiary alicyclic amines) is 1. The Labute approximate surface area is 144 Å². The summed E-state index contributed by atoms with van der Waals surface area (Å²) in [7, 11) is 1.29. The van der Waals surface area contributed by atoms with Crippen LogP contribution in [-0.4, -0.2) is 54.1 Å². The van der Waals surface area contributed by atoms with Crippen molar-refractivity contribution in [2.24, 2.45) is 5.92 Å². The Morgan fingerprint density at radius 3 is 2.76 bits per heavy atom. The van der Waals surface area contributed by atoms with Gasteiger partial charge in [-0.15, -0.1) is 0 Å². The number of rotatable bonds is 3. The summed E-state index contributed by atoms with van der Waals surface area (Å²) < 4.78 is 15.7. The minimum Gasteiger partial charge on any atom is -0.467 e. The predicted molar refractivity (Wildman–Crippen MR) is 84.5 cm³/mol. The standard InChI is InChI=1S/C18H19NO6/c1-23-17(21)13-7-11-12(8-14(20)16-15(11)25-16)19(13)18(22)24-9-10-5-3-2-4-6-10/h2-6,11-13,15-16H,7-9H2,1H3/t11-,12-,13+,15+,16-/m1/s1. The zero-order chi connectivity index (χ0) is 17.6. The van der Waals surface area contributed by atoms with E-state index in [9.17, 15) is 14.4 Å². The quantitative estimate of drug-likeness (QED) is 0.606. The maximum Gasteiger partial charge on any atom is 0.411 e. The fourth-order valence-electron chi connectivity index (χ4n) is 4.00. The summed E-state index contributed by atoms with van der Waals surface area (Å²) in [6.45, 7) is 0.109. The average molecular weight is 345 g/mol. The number of carbonyl (C=O) groups excluding carboxylic acids is 3. The Kier molecular flexibility index (Phi) is 3.95. The van der Waals surface area contributed by atoms with Crippen LogP contribution in [0.15, 0.2) is 30.3 Å². The molecule has 132 valence electrons. The van der Waals surface area contributed by atoms with Gasteiger partial charge in [-0.05, 0) is 12.0 Å². The third kappa shape index (κ3) is 2.78. The van der Waals surface area contributed by atoms with Crippen molar-refractivity contribution < 1.29 is 28.6 Å². The lowest BCUT2D eigenvalue weighted by Gasteiger charge is -2.30. The first-order valence-corrected chi connectivity index (χ1v) is 8.35. The third-order valence-corrected chi connectivity index (χ3v) is 5.25. The molecular weight excluding hydrogens is 326 g/mol. The van der Waals surface area contributed by atoms with E-state index in [1.807, 2.05) is 30.3 Å². The molecule has 0 N–H and O–H groups in total. The second kappa shape index (κ2) is 6.15. The molecule has 1 saturated carbocycles. The number of benzene rings is 1. The largest absolute Gasteiger partial charge is 0.467 e. The van der Waals surface area contributed by atoms with Crippen LogP contribution in [0, 0.1) is 5.92 Å². The van der Waals surface area contributed by atoms with E-state index in [0.29, 0.717) is 6.42 Å². The molecule has 7 heteroatoms. The smallest absolute Gasteiger partial charge is 0.411 e. The molecule has 0 aromatic heterocycles. The van der Waals surface area contributed by atoms with E-state index in [0.717, 1.165) is 5.56 Å². The van der Waals surface area contributed by atoms with Gasteiger partial charge in [0.1, 0.15) is 18.8 Å². The number of nitrogens with zero attached hydrogens (tertiary/aromatic N) is 1. The number of ketones is 1. The summed E-state index contributed by atoms with van der Waals surface area (Å²) >= 11 is 0. The molecular formula is C18H19NO6. The lowest BCUT2D eigenvalue weighted by molar-refractivity contribution is -0.146. The second-order valence-electron chi connectivity index (χ2n) is 6.65. The number of fused-ring (bicyclic) bond motifs is 3. The van der Waals surface area contributed by atoms with Gasteiger partial charge in [0, 0.05) is 18.4 Å². The number of Topliss-reactive ketones (excluding diaryl/α,β-unsaturated/α-hetero) is 1. The van der Waals surface area contributed by atoms with Crippen LogP contribution >= 0.6 is 0 Å². The van der Waals surface area contributed by atoms with Crippen LogP contribution in [0.3, 0.4) is 0 Å². The van der Waals surface area contributed by atoms with Crippen LogP contribution in [0.1, 0.15) is 18.4 Å². The first kappa shape index (κ1) is 16.1. The normalized spacial score (nSPS) is 32.6. The zero-order valence-corrected chi connectivity index (χ0v) is 13.8. The molecule has 2 saturated heterocycles. The van der Waals surface area contributed by atoms with Gasteiger partial charge in [-0.25, -0.2) is 9.59 Å². The monoisotopic (exact) mass is 345 g/mol. The molecule has 0 unspecified atom stereocenters. The van der Waals surface area contributed by atoms with E-state index in [-0.39, 0.29) is 43.0 Å². The van der Waals surface area contributed by atoms with Gasteiger partial charge < -0.3 is 14.2 Å². The van der Waals surface area contributed by atoms with E-state index in [2.05, 4.69) is 0 Å². The Bertz CT molecular complexity index is 705. The van der Waals surface area contributed by atoms with Gasteiger partial charge >= 0.3 is 12.1 Å². The average Bonchev–Trinajstić information content (AvgIpc) is 3.36. The molecule has 1 amide bonds. The molecule has 2 aliphatic heterocycles. The summed E-state index contributed by atoms with van der Waals surface area (Å²) in [4.78, 5) is 38.3. The van der Waals surface area contributed by atoms with Gasteiger partial charge in [0.05, 0.1) is 13.2 Å². The first-order chi connectivity index (χ1) is 12.1. The van der Waals surface area contributed by atoms with Crippen molar-refractivity contribution in [3.8, 4) is 0 Å². The highest BCUT2D eigenvalue weighted by molar-refractivity contribution is 5.90. The van der Waals surface area contributed by atoms with Crippen LogP contribution in [0.25, 0.3) is 0 Å². The fraction of sp³-hybridized carbons (Fsp3) is 0.500. The van der Waals surface area contributed by atoms with Crippen LogP contribution in [-0.2, 0) is 30.4 Å². The van der Waals surface area contributed by atoms with Gasteiger partial charge in [0.15, 0.2) is 5.78 Å². The molecule has 25 heavy (non-hydrogen) atoms. The number of ether oxygens (including phenoxy) is 3. The molecule has 0 radical (unpaired) electrons. The number of carbonyl (C=O) groups is 3. The Hall–Kier alpha value is -2.41. The third-order valence-electron chi connectivity index (χ3n) is 5.25. The van der Waals surface area contributed by atoms with Crippen molar-refractivity contribution >= 4 is 17.8 Å². The SMILES string of the molecule is COC(=O)[C@@H]1C[C@H]2[C@@H]3O[C@@H]3C(=O)C[C@H]2N1C(=O)OCc1ccccc1. The van der Waals surface area contributed by atoms with Crippen molar-refractivity contribution in [2.75, 3.05) is 7.11 Å². The van der Waals surface area contributed by atoms with Gasteiger partial charge in [0.2, 0.25) is 0 Å². The van der Waals surface area contributed by atoms with Crippen LogP contribution in [0.5, 0.6) is 0 Å². The molecule has 1 aliphatic carbocycles. The maximum absolute atomic E-state index is 12.7. The number of methoxy groups -OCH3 is 1. The molecule has 7 nitrogen and oxygen atoms in total. The lowest BCUT2D eigenvalue weighted by atomic mass is 9.84. The van der Waals surface area contributed by atoms with Gasteiger partial charge in [-0.2, -0.15) is 0 Å².